The van der Waals surface area contributed by atoms with Gasteiger partial charge in [-0.25, -0.2) is 5.43 Å². The van der Waals surface area contributed by atoms with E-state index in [0.29, 0.717) is 10.8 Å². The van der Waals surface area contributed by atoms with Crippen LogP contribution in [0.25, 0.3) is 0 Å². The molecule has 5 heteroatoms. The fourth-order valence-electron chi connectivity index (χ4n) is 1.96. The lowest BCUT2D eigenvalue weighted by atomic mass is 9.87. The van der Waals surface area contributed by atoms with Crippen molar-refractivity contribution in [3.8, 4) is 5.75 Å². The standard InChI is InChI=1S/C19H21ClN2O2/c1-19(2,3)15-6-10-17(11-7-15)24-13-18(23)22-21-12-14-4-8-16(20)9-5-14/h4-12H,13H2,1-3H3,(H,22,23)/b21-12-. The van der Waals surface area contributed by atoms with E-state index >= 15 is 0 Å². The summed E-state index contributed by atoms with van der Waals surface area (Å²) in [6.07, 6.45) is 1.55. The molecule has 0 bridgehead atoms. The molecule has 1 N–H and O–H groups in total. The molecule has 0 unspecified atom stereocenters. The summed E-state index contributed by atoms with van der Waals surface area (Å²) >= 11 is 5.80. The molecule has 2 aromatic carbocycles. The van der Waals surface area contributed by atoms with Crippen LogP contribution in [0.2, 0.25) is 5.02 Å². The zero-order valence-corrected chi connectivity index (χ0v) is 14.8. The van der Waals surface area contributed by atoms with E-state index < -0.39 is 0 Å². The smallest absolute Gasteiger partial charge is 0.277 e. The molecular weight excluding hydrogens is 324 g/mol. The Morgan fingerprint density at radius 3 is 2.33 bits per heavy atom. The Balaban J connectivity index is 1.79. The quantitative estimate of drug-likeness (QED) is 0.653. The molecule has 0 aromatic heterocycles. The number of nitrogens with zero attached hydrogens (tertiary/aromatic N) is 1. The average molecular weight is 345 g/mol. The van der Waals surface area contributed by atoms with Gasteiger partial charge in [-0.05, 0) is 40.8 Å². The van der Waals surface area contributed by atoms with Crippen LogP contribution in [0.1, 0.15) is 31.9 Å². The van der Waals surface area contributed by atoms with Crippen LogP contribution in [-0.2, 0) is 10.2 Å². The maximum absolute atomic E-state index is 11.7. The number of carbonyl (C=O) groups is 1. The SMILES string of the molecule is CC(C)(C)c1ccc(OCC(=O)N/N=C\c2ccc(Cl)cc2)cc1. The second kappa shape index (κ2) is 7.97. The van der Waals surface area contributed by atoms with Crippen LogP contribution in [0.5, 0.6) is 5.75 Å². The van der Waals surface area contributed by atoms with E-state index in [1.54, 1.807) is 18.3 Å². The van der Waals surface area contributed by atoms with Crippen molar-refractivity contribution in [2.24, 2.45) is 5.10 Å². The Labute approximate surface area is 147 Å². The topological polar surface area (TPSA) is 50.7 Å². The molecule has 2 rings (SSSR count). The number of halogens is 1. The van der Waals surface area contributed by atoms with E-state index in [2.05, 4.69) is 31.3 Å². The largest absolute Gasteiger partial charge is 0.484 e. The van der Waals surface area contributed by atoms with Gasteiger partial charge < -0.3 is 4.74 Å². The van der Waals surface area contributed by atoms with Crippen LogP contribution in [0, 0.1) is 0 Å². The van der Waals surface area contributed by atoms with Gasteiger partial charge in [-0.2, -0.15) is 5.10 Å². The predicted molar refractivity (Wildman–Crippen MR) is 97.8 cm³/mol. The van der Waals surface area contributed by atoms with Crippen molar-refractivity contribution >= 4 is 23.7 Å². The molecule has 0 fully saturated rings. The number of hydrogen-bond donors (Lipinski definition) is 1. The van der Waals surface area contributed by atoms with Gasteiger partial charge in [0.2, 0.25) is 0 Å². The average Bonchev–Trinajstić information content (AvgIpc) is 2.54. The highest BCUT2D eigenvalue weighted by Crippen LogP contribution is 2.24. The van der Waals surface area contributed by atoms with Crippen LogP contribution in [-0.4, -0.2) is 18.7 Å². The van der Waals surface area contributed by atoms with Crippen LogP contribution in [0.15, 0.2) is 53.6 Å². The van der Waals surface area contributed by atoms with Gasteiger partial charge in [-0.3, -0.25) is 4.79 Å². The molecular formula is C19H21ClN2O2. The Morgan fingerprint density at radius 2 is 1.75 bits per heavy atom. The summed E-state index contributed by atoms with van der Waals surface area (Å²) in [6, 6.07) is 14.9. The van der Waals surface area contributed by atoms with Gasteiger partial charge in [-0.15, -0.1) is 0 Å². The maximum atomic E-state index is 11.7. The van der Waals surface area contributed by atoms with Crippen molar-refractivity contribution in [3.63, 3.8) is 0 Å². The minimum Gasteiger partial charge on any atom is -0.484 e. The Bertz CT molecular complexity index is 702. The first kappa shape index (κ1) is 18.0. The van der Waals surface area contributed by atoms with Gasteiger partial charge in [0.1, 0.15) is 5.75 Å². The Morgan fingerprint density at radius 1 is 1.12 bits per heavy atom. The van der Waals surface area contributed by atoms with Crippen molar-refractivity contribution in [2.75, 3.05) is 6.61 Å². The zero-order chi connectivity index (χ0) is 17.6. The molecule has 126 valence electrons. The first-order valence-electron chi connectivity index (χ1n) is 7.65. The van der Waals surface area contributed by atoms with Gasteiger partial charge in [0, 0.05) is 5.02 Å². The number of nitrogens with one attached hydrogen (secondary N) is 1. The first-order chi connectivity index (χ1) is 11.3. The normalized spacial score (nSPS) is 11.5. The van der Waals surface area contributed by atoms with Gasteiger partial charge in [0.05, 0.1) is 6.21 Å². The van der Waals surface area contributed by atoms with Gasteiger partial charge in [0.15, 0.2) is 6.61 Å². The minimum absolute atomic E-state index is 0.0896. The highest BCUT2D eigenvalue weighted by atomic mass is 35.5. The lowest BCUT2D eigenvalue weighted by Crippen LogP contribution is -2.24. The monoisotopic (exact) mass is 344 g/mol. The predicted octanol–water partition coefficient (Wildman–Crippen LogP) is 4.17. The summed E-state index contributed by atoms with van der Waals surface area (Å²) in [5, 5.41) is 4.54. The van der Waals surface area contributed by atoms with E-state index in [-0.39, 0.29) is 17.9 Å². The number of ether oxygens (including phenoxy) is 1. The number of hydrogen-bond acceptors (Lipinski definition) is 3. The number of benzene rings is 2. The van der Waals surface area contributed by atoms with Gasteiger partial charge in [0.25, 0.3) is 5.91 Å². The van der Waals surface area contributed by atoms with Crippen molar-refractivity contribution in [1.82, 2.24) is 5.43 Å². The van der Waals surface area contributed by atoms with Crippen LogP contribution in [0.4, 0.5) is 0 Å². The number of rotatable bonds is 5. The van der Waals surface area contributed by atoms with Crippen molar-refractivity contribution in [2.45, 2.75) is 26.2 Å². The first-order valence-corrected chi connectivity index (χ1v) is 8.03. The molecule has 0 saturated carbocycles. The summed E-state index contributed by atoms with van der Waals surface area (Å²) in [7, 11) is 0. The molecule has 4 nitrogen and oxygen atoms in total. The number of amides is 1. The maximum Gasteiger partial charge on any atom is 0.277 e. The summed E-state index contributed by atoms with van der Waals surface area (Å²) in [4.78, 5) is 11.7. The van der Waals surface area contributed by atoms with E-state index in [0.717, 1.165) is 5.56 Å². The van der Waals surface area contributed by atoms with E-state index in [1.807, 2.05) is 36.4 Å². The fraction of sp³-hybridized carbons (Fsp3) is 0.263. The number of carbonyl (C=O) groups excluding carboxylic acids is 1. The Hall–Kier alpha value is -2.33. The molecule has 0 aliphatic rings. The number of hydrazone groups is 1. The lowest BCUT2D eigenvalue weighted by molar-refractivity contribution is -0.123. The van der Waals surface area contributed by atoms with E-state index in [1.165, 1.54) is 5.56 Å². The van der Waals surface area contributed by atoms with Crippen LogP contribution in [0.3, 0.4) is 0 Å². The third-order valence-electron chi connectivity index (χ3n) is 3.36. The zero-order valence-electron chi connectivity index (χ0n) is 14.0. The van der Waals surface area contributed by atoms with E-state index in [4.69, 9.17) is 16.3 Å². The molecule has 0 heterocycles. The molecule has 0 saturated heterocycles. The molecule has 0 atom stereocenters. The molecule has 0 aliphatic carbocycles. The molecule has 0 spiro atoms. The lowest BCUT2D eigenvalue weighted by Gasteiger charge is -2.19. The molecule has 24 heavy (non-hydrogen) atoms. The van der Waals surface area contributed by atoms with Crippen LogP contribution < -0.4 is 10.2 Å². The van der Waals surface area contributed by atoms with Gasteiger partial charge >= 0.3 is 0 Å². The van der Waals surface area contributed by atoms with Crippen LogP contribution >= 0.6 is 11.6 Å². The summed E-state index contributed by atoms with van der Waals surface area (Å²) in [5.41, 5.74) is 4.57. The second-order valence-corrected chi connectivity index (χ2v) is 6.84. The van der Waals surface area contributed by atoms with E-state index in [9.17, 15) is 4.79 Å². The summed E-state index contributed by atoms with van der Waals surface area (Å²) in [6.45, 7) is 6.35. The third-order valence-corrected chi connectivity index (χ3v) is 3.62. The highest BCUT2D eigenvalue weighted by molar-refractivity contribution is 6.30. The van der Waals surface area contributed by atoms with Gasteiger partial charge in [-0.1, -0.05) is 56.6 Å². The highest BCUT2D eigenvalue weighted by Gasteiger charge is 2.13. The summed E-state index contributed by atoms with van der Waals surface area (Å²) < 4.78 is 5.45. The third kappa shape index (κ3) is 5.70. The molecule has 2 aromatic rings. The van der Waals surface area contributed by atoms with Crippen molar-refractivity contribution in [1.29, 1.82) is 0 Å². The summed E-state index contributed by atoms with van der Waals surface area (Å²) in [5.74, 6) is 0.333. The second-order valence-electron chi connectivity index (χ2n) is 6.41. The van der Waals surface area contributed by atoms with Crippen molar-refractivity contribution < 1.29 is 9.53 Å². The molecule has 1 amide bonds. The molecule has 0 radical (unpaired) electrons. The Kier molecular flexibility index (Phi) is 5.99. The molecule has 0 aliphatic heterocycles. The fourth-order valence-corrected chi connectivity index (χ4v) is 2.09. The van der Waals surface area contributed by atoms with Crippen molar-refractivity contribution in [3.05, 3.63) is 64.7 Å². The minimum atomic E-state index is -0.319.